The van der Waals surface area contributed by atoms with Crippen molar-refractivity contribution in [1.82, 2.24) is 9.38 Å². The van der Waals surface area contributed by atoms with Crippen molar-refractivity contribution in [1.29, 1.82) is 0 Å². The Bertz CT molecular complexity index is 1000. The van der Waals surface area contributed by atoms with Gasteiger partial charge in [0.25, 0.3) is 0 Å². The molecule has 0 atom stereocenters. The van der Waals surface area contributed by atoms with Gasteiger partial charge in [-0.1, -0.05) is 30.0 Å². The Kier molecular flexibility index (Phi) is 3.28. The van der Waals surface area contributed by atoms with Crippen LogP contribution >= 0.6 is 23.1 Å². The SMILES string of the molecule is COC(=O)CSc1nc2sc3ccccc3c2n2cccc12. The van der Waals surface area contributed by atoms with Gasteiger partial charge in [-0.05, 0) is 18.2 Å². The number of thiophene rings is 1. The number of nitrogens with zero attached hydrogens (tertiary/aromatic N) is 2. The van der Waals surface area contributed by atoms with Gasteiger partial charge in [0.05, 0.1) is 23.9 Å². The highest BCUT2D eigenvalue weighted by Crippen LogP contribution is 2.35. The Hall–Kier alpha value is -2.05. The quantitative estimate of drug-likeness (QED) is 0.422. The van der Waals surface area contributed by atoms with E-state index in [1.807, 2.05) is 30.5 Å². The summed E-state index contributed by atoms with van der Waals surface area (Å²) in [6.45, 7) is 0. The number of esters is 1. The van der Waals surface area contributed by atoms with E-state index >= 15 is 0 Å². The second-order valence-corrected chi connectivity index (χ2v) is 6.79. The van der Waals surface area contributed by atoms with Crippen molar-refractivity contribution in [3.05, 3.63) is 42.6 Å². The summed E-state index contributed by atoms with van der Waals surface area (Å²) < 4.78 is 8.08. The van der Waals surface area contributed by atoms with Gasteiger partial charge in [0, 0.05) is 16.3 Å². The summed E-state index contributed by atoms with van der Waals surface area (Å²) in [5, 5.41) is 2.06. The number of methoxy groups -OCH3 is 1. The van der Waals surface area contributed by atoms with Crippen molar-refractivity contribution in [3.63, 3.8) is 0 Å². The van der Waals surface area contributed by atoms with Crippen LogP contribution in [0.1, 0.15) is 0 Å². The summed E-state index contributed by atoms with van der Waals surface area (Å²) in [5.74, 6) is 0.0220. The van der Waals surface area contributed by atoms with E-state index in [9.17, 15) is 4.79 Å². The van der Waals surface area contributed by atoms with Gasteiger partial charge < -0.3 is 9.14 Å². The third-order valence-electron chi connectivity index (χ3n) is 3.52. The molecule has 22 heavy (non-hydrogen) atoms. The molecule has 3 heterocycles. The Morgan fingerprint density at radius 3 is 3.05 bits per heavy atom. The lowest BCUT2D eigenvalue weighted by molar-refractivity contribution is -0.137. The second kappa shape index (κ2) is 5.30. The average Bonchev–Trinajstić information content (AvgIpc) is 3.15. The van der Waals surface area contributed by atoms with E-state index in [1.165, 1.54) is 29.0 Å². The van der Waals surface area contributed by atoms with Gasteiger partial charge >= 0.3 is 5.97 Å². The smallest absolute Gasteiger partial charge is 0.316 e. The standard InChI is InChI=1S/C16H12N2O2S2/c1-20-13(19)9-21-15-11-6-4-8-18(11)14-10-5-2-3-7-12(10)22-16(14)17-15/h2-8H,9H2,1H3. The zero-order valence-corrected chi connectivity index (χ0v) is 13.4. The van der Waals surface area contributed by atoms with Crippen LogP contribution in [-0.4, -0.2) is 28.2 Å². The maximum absolute atomic E-state index is 11.4. The maximum atomic E-state index is 11.4. The Balaban J connectivity index is 1.96. The van der Waals surface area contributed by atoms with Crippen LogP contribution in [0.4, 0.5) is 0 Å². The monoisotopic (exact) mass is 328 g/mol. The number of hydrogen-bond donors (Lipinski definition) is 0. The van der Waals surface area contributed by atoms with Crippen LogP contribution in [0.2, 0.25) is 0 Å². The largest absolute Gasteiger partial charge is 0.468 e. The van der Waals surface area contributed by atoms with Crippen molar-refractivity contribution in [3.8, 4) is 0 Å². The third-order valence-corrected chi connectivity index (χ3v) is 5.53. The first kappa shape index (κ1) is 13.6. The minimum absolute atomic E-state index is 0.243. The van der Waals surface area contributed by atoms with E-state index in [2.05, 4.69) is 16.5 Å². The fourth-order valence-corrected chi connectivity index (χ4v) is 4.49. The van der Waals surface area contributed by atoms with E-state index in [0.29, 0.717) is 0 Å². The highest BCUT2D eigenvalue weighted by Gasteiger charge is 2.14. The molecule has 0 amide bonds. The van der Waals surface area contributed by atoms with Gasteiger partial charge in [0.2, 0.25) is 0 Å². The number of rotatable bonds is 3. The third kappa shape index (κ3) is 2.07. The van der Waals surface area contributed by atoms with Gasteiger partial charge in [-0.15, -0.1) is 11.3 Å². The first-order chi connectivity index (χ1) is 10.8. The molecule has 3 aromatic heterocycles. The van der Waals surface area contributed by atoms with E-state index in [-0.39, 0.29) is 11.7 Å². The van der Waals surface area contributed by atoms with Gasteiger partial charge in [-0.25, -0.2) is 4.98 Å². The zero-order chi connectivity index (χ0) is 15.1. The van der Waals surface area contributed by atoms with Crippen molar-refractivity contribution >= 4 is 55.0 Å². The molecule has 0 fully saturated rings. The fraction of sp³-hybridized carbons (Fsp3) is 0.125. The summed E-state index contributed by atoms with van der Waals surface area (Å²) >= 11 is 3.08. The van der Waals surface area contributed by atoms with Crippen molar-refractivity contribution in [2.45, 2.75) is 5.03 Å². The van der Waals surface area contributed by atoms with E-state index in [1.54, 1.807) is 11.3 Å². The van der Waals surface area contributed by atoms with E-state index in [4.69, 9.17) is 9.72 Å². The highest BCUT2D eigenvalue weighted by atomic mass is 32.2. The van der Waals surface area contributed by atoms with Crippen LogP contribution in [0.15, 0.2) is 47.6 Å². The van der Waals surface area contributed by atoms with Crippen LogP contribution in [-0.2, 0) is 9.53 Å². The van der Waals surface area contributed by atoms with Gasteiger partial charge in [0.1, 0.15) is 9.86 Å². The first-order valence-corrected chi connectivity index (χ1v) is 8.56. The maximum Gasteiger partial charge on any atom is 0.316 e. The van der Waals surface area contributed by atoms with Crippen LogP contribution < -0.4 is 0 Å². The molecular formula is C16H12N2O2S2. The Morgan fingerprint density at radius 2 is 2.18 bits per heavy atom. The fourth-order valence-electron chi connectivity index (χ4n) is 2.52. The van der Waals surface area contributed by atoms with Crippen LogP contribution in [0.3, 0.4) is 0 Å². The Morgan fingerprint density at radius 1 is 1.32 bits per heavy atom. The lowest BCUT2D eigenvalue weighted by atomic mass is 10.2. The van der Waals surface area contributed by atoms with E-state index in [0.717, 1.165) is 20.9 Å². The lowest BCUT2D eigenvalue weighted by Gasteiger charge is -2.05. The summed E-state index contributed by atoms with van der Waals surface area (Å²) in [4.78, 5) is 17.1. The molecule has 0 bridgehead atoms. The zero-order valence-electron chi connectivity index (χ0n) is 11.8. The molecule has 0 saturated carbocycles. The molecule has 0 aliphatic carbocycles. The summed E-state index contributed by atoms with van der Waals surface area (Å²) in [6, 6.07) is 12.3. The van der Waals surface area contributed by atoms with Crippen molar-refractivity contribution in [2.24, 2.45) is 0 Å². The number of aromatic nitrogens is 2. The average molecular weight is 328 g/mol. The topological polar surface area (TPSA) is 43.6 Å². The molecule has 0 N–H and O–H groups in total. The number of carbonyl (C=O) groups is 1. The molecular weight excluding hydrogens is 316 g/mol. The van der Waals surface area contributed by atoms with Gasteiger partial charge in [0.15, 0.2) is 0 Å². The molecule has 4 aromatic rings. The predicted octanol–water partition coefficient (Wildman–Crippen LogP) is 3.97. The first-order valence-electron chi connectivity index (χ1n) is 6.76. The minimum Gasteiger partial charge on any atom is -0.468 e. The summed E-state index contributed by atoms with van der Waals surface area (Å²) in [5.41, 5.74) is 2.15. The molecule has 0 aliphatic heterocycles. The molecule has 0 aliphatic rings. The Labute approximate surface area is 134 Å². The van der Waals surface area contributed by atoms with Crippen LogP contribution in [0.25, 0.3) is 25.9 Å². The molecule has 0 saturated heterocycles. The molecule has 4 nitrogen and oxygen atoms in total. The van der Waals surface area contributed by atoms with Crippen molar-refractivity contribution < 1.29 is 9.53 Å². The van der Waals surface area contributed by atoms with E-state index < -0.39 is 0 Å². The molecule has 4 rings (SSSR count). The molecule has 0 spiro atoms. The highest BCUT2D eigenvalue weighted by molar-refractivity contribution is 8.00. The summed E-state index contributed by atoms with van der Waals surface area (Å²) in [7, 11) is 1.40. The van der Waals surface area contributed by atoms with Crippen molar-refractivity contribution in [2.75, 3.05) is 12.9 Å². The number of ether oxygens (including phenoxy) is 1. The number of fused-ring (bicyclic) bond motifs is 5. The van der Waals surface area contributed by atoms with Crippen LogP contribution in [0, 0.1) is 0 Å². The second-order valence-electron chi connectivity index (χ2n) is 4.80. The molecule has 0 unspecified atom stereocenters. The number of carbonyl (C=O) groups excluding carboxylic acids is 1. The molecule has 0 radical (unpaired) electrons. The van der Waals surface area contributed by atoms with Gasteiger partial charge in [-0.2, -0.15) is 0 Å². The predicted molar refractivity (Wildman–Crippen MR) is 90.8 cm³/mol. The number of hydrogen-bond acceptors (Lipinski definition) is 5. The van der Waals surface area contributed by atoms with Gasteiger partial charge in [-0.3, -0.25) is 4.79 Å². The van der Waals surface area contributed by atoms with Crippen LogP contribution in [0.5, 0.6) is 0 Å². The minimum atomic E-state index is -0.243. The molecule has 6 heteroatoms. The number of thioether (sulfide) groups is 1. The molecule has 1 aromatic carbocycles. The lowest BCUT2D eigenvalue weighted by Crippen LogP contribution is -2.03. The normalized spacial score (nSPS) is 11.5. The summed E-state index contributed by atoms with van der Waals surface area (Å²) in [6.07, 6.45) is 2.04. The molecule has 110 valence electrons. The number of benzene rings is 1.